The minimum atomic E-state index is -1.60. The van der Waals surface area contributed by atoms with E-state index in [2.05, 4.69) is 48.6 Å². The molecule has 1 saturated heterocycles. The molecule has 0 N–H and O–H groups in total. The van der Waals surface area contributed by atoms with Crippen LogP contribution in [-0.2, 0) is 15.9 Å². The third-order valence-corrected chi connectivity index (χ3v) is 6.97. The zero-order chi connectivity index (χ0) is 23.0. The first-order valence-corrected chi connectivity index (χ1v) is 12.2. The van der Waals surface area contributed by atoms with E-state index in [4.69, 9.17) is 9.47 Å². The number of allylic oxidation sites excluding steroid dienone is 2. The van der Waals surface area contributed by atoms with Gasteiger partial charge < -0.3 is 9.47 Å². The Labute approximate surface area is 196 Å². The molecule has 0 bridgehead atoms. The highest BCUT2D eigenvalue weighted by molar-refractivity contribution is 5.64. The minimum Gasteiger partial charge on any atom is -0.352 e. The van der Waals surface area contributed by atoms with Gasteiger partial charge in [0.25, 0.3) is 6.08 Å². The van der Waals surface area contributed by atoms with Crippen LogP contribution >= 0.6 is 0 Å². The van der Waals surface area contributed by atoms with E-state index in [0.717, 1.165) is 43.3 Å². The van der Waals surface area contributed by atoms with Crippen molar-refractivity contribution < 1.29 is 18.3 Å². The van der Waals surface area contributed by atoms with E-state index in [9.17, 15) is 8.78 Å². The molecule has 0 amide bonds. The Morgan fingerprint density at radius 3 is 2.06 bits per heavy atom. The topological polar surface area (TPSA) is 18.5 Å². The summed E-state index contributed by atoms with van der Waals surface area (Å²) in [7, 11) is 0. The van der Waals surface area contributed by atoms with E-state index < -0.39 is 6.08 Å². The molecule has 1 saturated carbocycles. The Balaban J connectivity index is 1.27. The number of aryl methyl sites for hydroxylation is 1. The average Bonchev–Trinajstić information content (AvgIpc) is 2.85. The second-order valence-corrected chi connectivity index (χ2v) is 9.28. The fourth-order valence-corrected chi connectivity index (χ4v) is 5.07. The lowest BCUT2D eigenvalue weighted by molar-refractivity contribution is -0.222. The Bertz CT molecular complexity index is 913. The average molecular weight is 453 g/mol. The van der Waals surface area contributed by atoms with Crippen LogP contribution in [0.4, 0.5) is 8.78 Å². The third kappa shape index (κ3) is 6.61. The van der Waals surface area contributed by atoms with Gasteiger partial charge in [-0.3, -0.25) is 0 Å². The molecule has 1 aliphatic carbocycles. The van der Waals surface area contributed by atoms with Gasteiger partial charge >= 0.3 is 0 Å². The SMILES string of the molecule is CC=CC1COC(C2CCC(c3ccc(-c4ccc(CCC=C(F)F)cc4)cc3)CC2)OC1. The molecule has 1 heterocycles. The summed E-state index contributed by atoms with van der Waals surface area (Å²) in [6.45, 7) is 3.58. The summed E-state index contributed by atoms with van der Waals surface area (Å²) in [6, 6.07) is 17.1. The van der Waals surface area contributed by atoms with Gasteiger partial charge in [0.1, 0.15) is 0 Å². The van der Waals surface area contributed by atoms with Crippen LogP contribution in [0.5, 0.6) is 0 Å². The third-order valence-electron chi connectivity index (χ3n) is 6.97. The standard InChI is InChI=1S/C29H34F2O2/c1-2-4-22-19-32-29(33-20-22)27-17-15-26(16-18-27)25-13-11-24(12-14-25)23-9-7-21(8-10-23)5-3-6-28(30)31/h2,4,6-14,22,26-27,29H,3,5,15-20H2,1H3. The highest BCUT2D eigenvalue weighted by Gasteiger charge is 2.32. The number of ether oxygens (including phenoxy) is 2. The van der Waals surface area contributed by atoms with E-state index in [1.54, 1.807) is 0 Å². The van der Waals surface area contributed by atoms with Crippen molar-refractivity contribution in [2.24, 2.45) is 11.8 Å². The molecule has 2 nitrogen and oxygen atoms in total. The van der Waals surface area contributed by atoms with Crippen LogP contribution in [0, 0.1) is 11.8 Å². The molecule has 2 aromatic rings. The molecule has 0 spiro atoms. The maximum atomic E-state index is 12.2. The van der Waals surface area contributed by atoms with Crippen LogP contribution < -0.4 is 0 Å². The van der Waals surface area contributed by atoms with Gasteiger partial charge in [-0.15, -0.1) is 0 Å². The maximum absolute atomic E-state index is 12.2. The first-order chi connectivity index (χ1) is 16.1. The van der Waals surface area contributed by atoms with Crippen LogP contribution in [0.25, 0.3) is 11.1 Å². The summed E-state index contributed by atoms with van der Waals surface area (Å²) in [6.07, 6.45) is 9.22. The summed E-state index contributed by atoms with van der Waals surface area (Å²) in [4.78, 5) is 0. The minimum absolute atomic E-state index is 0.0372. The predicted molar refractivity (Wildman–Crippen MR) is 129 cm³/mol. The Kier molecular flexibility index (Phi) is 8.46. The summed E-state index contributed by atoms with van der Waals surface area (Å²) in [5.74, 6) is 1.49. The maximum Gasteiger partial charge on any atom is 0.266 e. The van der Waals surface area contributed by atoms with Crippen molar-refractivity contribution in [3.05, 3.63) is 84.0 Å². The van der Waals surface area contributed by atoms with E-state index in [-0.39, 0.29) is 6.29 Å². The van der Waals surface area contributed by atoms with Gasteiger partial charge in [-0.2, -0.15) is 8.78 Å². The molecule has 0 radical (unpaired) electrons. The molecule has 2 aromatic carbocycles. The lowest BCUT2D eigenvalue weighted by atomic mass is 9.78. The molecule has 0 aromatic heterocycles. The fraction of sp³-hybridized carbons (Fsp3) is 0.448. The first-order valence-electron chi connectivity index (χ1n) is 12.2. The van der Waals surface area contributed by atoms with Crippen molar-refractivity contribution in [1.29, 1.82) is 0 Å². The number of halogens is 2. The second-order valence-electron chi connectivity index (χ2n) is 9.28. The fourth-order valence-electron chi connectivity index (χ4n) is 5.07. The van der Waals surface area contributed by atoms with Crippen molar-refractivity contribution in [1.82, 2.24) is 0 Å². The summed E-state index contributed by atoms with van der Waals surface area (Å²) in [5, 5.41) is 0. The first kappa shape index (κ1) is 23.8. The predicted octanol–water partition coefficient (Wildman–Crippen LogP) is 7.91. The highest BCUT2D eigenvalue weighted by atomic mass is 19.3. The van der Waals surface area contributed by atoms with Gasteiger partial charge in [-0.1, -0.05) is 60.7 Å². The monoisotopic (exact) mass is 452 g/mol. The van der Waals surface area contributed by atoms with Crippen molar-refractivity contribution in [2.45, 2.75) is 57.7 Å². The molecular weight excluding hydrogens is 418 g/mol. The lowest BCUT2D eigenvalue weighted by Gasteiger charge is -2.37. The summed E-state index contributed by atoms with van der Waals surface area (Å²) < 4.78 is 36.4. The second kappa shape index (κ2) is 11.7. The van der Waals surface area contributed by atoms with E-state index in [0.29, 0.717) is 30.6 Å². The molecule has 2 fully saturated rings. The normalized spacial score (nSPS) is 25.8. The molecule has 0 atom stereocenters. The van der Waals surface area contributed by atoms with Crippen LogP contribution in [-0.4, -0.2) is 19.5 Å². The van der Waals surface area contributed by atoms with E-state index in [1.165, 1.54) is 24.0 Å². The molecular formula is C29H34F2O2. The van der Waals surface area contributed by atoms with Gasteiger partial charge in [-0.25, -0.2) is 0 Å². The number of hydrogen-bond acceptors (Lipinski definition) is 2. The van der Waals surface area contributed by atoms with E-state index >= 15 is 0 Å². The van der Waals surface area contributed by atoms with Crippen LogP contribution in [0.2, 0.25) is 0 Å². The van der Waals surface area contributed by atoms with Gasteiger partial charge in [-0.05, 0) is 79.7 Å². The zero-order valence-electron chi connectivity index (χ0n) is 19.4. The Morgan fingerprint density at radius 2 is 1.48 bits per heavy atom. The largest absolute Gasteiger partial charge is 0.352 e. The molecule has 2 aliphatic rings. The van der Waals surface area contributed by atoms with Gasteiger partial charge in [0.2, 0.25) is 0 Å². The Morgan fingerprint density at radius 1 is 0.879 bits per heavy atom. The van der Waals surface area contributed by atoms with Crippen LogP contribution in [0.3, 0.4) is 0 Å². The van der Waals surface area contributed by atoms with Gasteiger partial charge in [0.05, 0.1) is 13.2 Å². The van der Waals surface area contributed by atoms with Crippen LogP contribution in [0.15, 0.2) is 72.8 Å². The molecule has 4 heteroatoms. The van der Waals surface area contributed by atoms with E-state index in [1.807, 2.05) is 19.1 Å². The number of hydrogen-bond donors (Lipinski definition) is 0. The quantitative estimate of drug-likeness (QED) is 0.398. The Hall–Kier alpha value is -2.30. The number of benzene rings is 2. The lowest BCUT2D eigenvalue weighted by Crippen LogP contribution is -2.37. The zero-order valence-corrected chi connectivity index (χ0v) is 19.4. The molecule has 0 unspecified atom stereocenters. The summed E-state index contributed by atoms with van der Waals surface area (Å²) in [5.41, 5.74) is 4.83. The molecule has 1 aliphatic heterocycles. The highest BCUT2D eigenvalue weighted by Crippen LogP contribution is 2.39. The molecule has 4 rings (SSSR count). The molecule has 33 heavy (non-hydrogen) atoms. The van der Waals surface area contributed by atoms with Gasteiger partial charge in [0, 0.05) is 11.8 Å². The van der Waals surface area contributed by atoms with Gasteiger partial charge in [0.15, 0.2) is 6.29 Å². The van der Waals surface area contributed by atoms with Crippen molar-refractivity contribution in [2.75, 3.05) is 13.2 Å². The van der Waals surface area contributed by atoms with Crippen molar-refractivity contribution in [3.63, 3.8) is 0 Å². The van der Waals surface area contributed by atoms with Crippen LogP contribution in [0.1, 0.15) is 56.1 Å². The summed E-state index contributed by atoms with van der Waals surface area (Å²) >= 11 is 0. The van der Waals surface area contributed by atoms with Crippen molar-refractivity contribution >= 4 is 0 Å². The molecule has 176 valence electrons. The smallest absolute Gasteiger partial charge is 0.266 e. The van der Waals surface area contributed by atoms with Crippen molar-refractivity contribution in [3.8, 4) is 11.1 Å². The number of rotatable bonds is 7.